The van der Waals surface area contributed by atoms with E-state index >= 15 is 0 Å². The quantitative estimate of drug-likeness (QED) is 0.468. The Morgan fingerprint density at radius 1 is 0.758 bits per heavy atom. The third kappa shape index (κ3) is 7.59. The summed E-state index contributed by atoms with van der Waals surface area (Å²) in [6.07, 6.45) is 0. The highest BCUT2D eigenvalue weighted by molar-refractivity contribution is 5.69. The Balaban J connectivity index is 1.74. The van der Waals surface area contributed by atoms with E-state index in [9.17, 15) is 30.1 Å². The Labute approximate surface area is 191 Å². The molecule has 1 aliphatic rings. The standard InChI is InChI=1S/C22H27N5O6/c28-22(29)17-25-11-9-23(15-18-3-1-5-20(13-18)26(30)31)7-8-24(10-12-25)16-19-4-2-6-21(14-19)27(32)33/h1-6,13-14H,7-12,15-17H2,(H,28,29). The zero-order valence-corrected chi connectivity index (χ0v) is 18.2. The van der Waals surface area contributed by atoms with Crippen molar-refractivity contribution in [3.63, 3.8) is 0 Å². The molecule has 176 valence electrons. The fourth-order valence-corrected chi connectivity index (χ4v) is 3.90. The van der Waals surface area contributed by atoms with Gasteiger partial charge in [-0.05, 0) is 11.1 Å². The van der Waals surface area contributed by atoms with Crippen molar-refractivity contribution in [2.24, 2.45) is 0 Å². The van der Waals surface area contributed by atoms with Crippen LogP contribution in [0.25, 0.3) is 0 Å². The van der Waals surface area contributed by atoms with Gasteiger partial charge in [-0.25, -0.2) is 0 Å². The molecule has 1 saturated heterocycles. The minimum absolute atomic E-state index is 0.0385. The average molecular weight is 457 g/mol. The number of nitrogens with zero attached hydrogens (tertiary/aromatic N) is 5. The lowest BCUT2D eigenvalue weighted by Crippen LogP contribution is -2.38. The lowest BCUT2D eigenvalue weighted by atomic mass is 10.2. The van der Waals surface area contributed by atoms with Crippen LogP contribution in [-0.2, 0) is 17.9 Å². The molecule has 2 aromatic rings. The Hall–Kier alpha value is -3.41. The van der Waals surface area contributed by atoms with Crippen molar-refractivity contribution in [1.82, 2.24) is 14.7 Å². The number of rotatable bonds is 8. The van der Waals surface area contributed by atoms with Gasteiger partial charge in [-0.15, -0.1) is 0 Å². The minimum Gasteiger partial charge on any atom is -0.480 e. The van der Waals surface area contributed by atoms with Gasteiger partial charge >= 0.3 is 5.97 Å². The molecule has 0 aliphatic carbocycles. The number of hydrogen-bond acceptors (Lipinski definition) is 8. The maximum atomic E-state index is 11.3. The first-order valence-corrected chi connectivity index (χ1v) is 10.7. The van der Waals surface area contributed by atoms with E-state index in [0.29, 0.717) is 52.4 Å². The monoisotopic (exact) mass is 457 g/mol. The minimum atomic E-state index is -0.898. The van der Waals surface area contributed by atoms with E-state index in [-0.39, 0.29) is 17.9 Å². The Kier molecular flexibility index (Phi) is 8.41. The van der Waals surface area contributed by atoms with Crippen LogP contribution in [0.15, 0.2) is 48.5 Å². The first kappa shape index (κ1) is 24.2. The predicted molar refractivity (Wildman–Crippen MR) is 121 cm³/mol. The highest BCUT2D eigenvalue weighted by Gasteiger charge is 2.19. The van der Waals surface area contributed by atoms with E-state index in [2.05, 4.69) is 9.80 Å². The van der Waals surface area contributed by atoms with Crippen molar-refractivity contribution in [3.05, 3.63) is 79.9 Å². The fourth-order valence-electron chi connectivity index (χ4n) is 3.90. The average Bonchev–Trinajstić information content (AvgIpc) is 2.86. The van der Waals surface area contributed by atoms with Gasteiger partial charge in [0.25, 0.3) is 11.4 Å². The summed E-state index contributed by atoms with van der Waals surface area (Å²) in [5.74, 6) is -0.898. The van der Waals surface area contributed by atoms with E-state index < -0.39 is 15.8 Å². The van der Waals surface area contributed by atoms with E-state index in [1.54, 1.807) is 24.3 Å². The van der Waals surface area contributed by atoms with Crippen molar-refractivity contribution in [3.8, 4) is 0 Å². The van der Waals surface area contributed by atoms with Crippen LogP contribution in [0.2, 0.25) is 0 Å². The largest absolute Gasteiger partial charge is 0.480 e. The number of non-ortho nitro benzene ring substituents is 2. The van der Waals surface area contributed by atoms with Crippen LogP contribution in [0.3, 0.4) is 0 Å². The number of hydrogen-bond donors (Lipinski definition) is 1. The summed E-state index contributed by atoms with van der Waals surface area (Å²) >= 11 is 0. The van der Waals surface area contributed by atoms with Crippen LogP contribution >= 0.6 is 0 Å². The predicted octanol–water partition coefficient (Wildman–Crippen LogP) is 2.21. The van der Waals surface area contributed by atoms with Crippen LogP contribution in [0, 0.1) is 20.2 Å². The molecule has 1 aliphatic heterocycles. The van der Waals surface area contributed by atoms with Gasteiger partial charge in [-0.3, -0.25) is 39.7 Å². The molecule has 0 bridgehead atoms. The normalized spacial score (nSPS) is 16.5. The Morgan fingerprint density at radius 2 is 1.15 bits per heavy atom. The smallest absolute Gasteiger partial charge is 0.317 e. The molecule has 33 heavy (non-hydrogen) atoms. The summed E-state index contributed by atoms with van der Waals surface area (Å²) in [7, 11) is 0. The number of carboxylic acid groups (broad SMARTS) is 1. The second-order valence-electron chi connectivity index (χ2n) is 8.08. The molecule has 2 aromatic carbocycles. The topological polar surface area (TPSA) is 133 Å². The van der Waals surface area contributed by atoms with Crippen molar-refractivity contribution in [1.29, 1.82) is 0 Å². The molecule has 0 radical (unpaired) electrons. The zero-order valence-electron chi connectivity index (χ0n) is 18.2. The van der Waals surface area contributed by atoms with Gasteiger partial charge in [0, 0.05) is 76.6 Å². The lowest BCUT2D eigenvalue weighted by molar-refractivity contribution is -0.385. The van der Waals surface area contributed by atoms with Crippen LogP contribution in [-0.4, -0.2) is 81.4 Å². The third-order valence-electron chi connectivity index (χ3n) is 5.61. The number of carboxylic acids is 1. The van der Waals surface area contributed by atoms with E-state index in [0.717, 1.165) is 11.1 Å². The van der Waals surface area contributed by atoms with Gasteiger partial charge in [0.1, 0.15) is 0 Å². The molecule has 0 aromatic heterocycles. The summed E-state index contributed by atoms with van der Waals surface area (Å²) in [6.45, 7) is 4.67. The van der Waals surface area contributed by atoms with Crippen molar-refractivity contribution in [2.45, 2.75) is 13.1 Å². The number of benzene rings is 2. The number of carbonyl (C=O) groups is 1. The molecule has 0 amide bonds. The molecular formula is C22H27N5O6. The van der Waals surface area contributed by atoms with Gasteiger partial charge in [-0.1, -0.05) is 24.3 Å². The third-order valence-corrected chi connectivity index (χ3v) is 5.61. The number of nitro groups is 2. The molecule has 11 heteroatoms. The second-order valence-corrected chi connectivity index (χ2v) is 8.08. The molecular weight excluding hydrogens is 430 g/mol. The first-order valence-electron chi connectivity index (χ1n) is 10.7. The highest BCUT2D eigenvalue weighted by Crippen LogP contribution is 2.17. The maximum absolute atomic E-state index is 11.3. The summed E-state index contributed by atoms with van der Waals surface area (Å²) < 4.78 is 0. The molecule has 0 atom stereocenters. The summed E-state index contributed by atoms with van der Waals surface area (Å²) in [5.41, 5.74) is 1.71. The van der Waals surface area contributed by atoms with Gasteiger partial charge < -0.3 is 5.11 Å². The fraction of sp³-hybridized carbons (Fsp3) is 0.409. The lowest BCUT2D eigenvalue weighted by Gasteiger charge is -2.26. The molecule has 1 heterocycles. The van der Waals surface area contributed by atoms with Gasteiger partial charge in [-0.2, -0.15) is 0 Å². The van der Waals surface area contributed by atoms with Gasteiger partial charge in [0.05, 0.1) is 16.4 Å². The summed E-state index contributed by atoms with van der Waals surface area (Å²) in [4.78, 5) is 38.8. The first-order chi connectivity index (χ1) is 15.8. The zero-order chi connectivity index (χ0) is 23.8. The molecule has 0 saturated carbocycles. The van der Waals surface area contributed by atoms with E-state index in [1.165, 1.54) is 12.1 Å². The molecule has 1 N–H and O–H groups in total. The van der Waals surface area contributed by atoms with Crippen molar-refractivity contribution >= 4 is 17.3 Å². The second kappa shape index (κ2) is 11.5. The van der Waals surface area contributed by atoms with Crippen LogP contribution in [0.5, 0.6) is 0 Å². The molecule has 0 unspecified atom stereocenters. The summed E-state index contributed by atoms with van der Waals surface area (Å²) in [5, 5.41) is 31.5. The van der Waals surface area contributed by atoms with E-state index in [1.807, 2.05) is 17.0 Å². The van der Waals surface area contributed by atoms with Gasteiger partial charge in [0.2, 0.25) is 0 Å². The highest BCUT2D eigenvalue weighted by atomic mass is 16.6. The molecule has 11 nitrogen and oxygen atoms in total. The number of aliphatic carboxylic acids is 1. The van der Waals surface area contributed by atoms with Crippen LogP contribution in [0.1, 0.15) is 11.1 Å². The molecule has 3 rings (SSSR count). The number of nitro benzene ring substituents is 2. The molecule has 0 spiro atoms. The van der Waals surface area contributed by atoms with Crippen LogP contribution in [0.4, 0.5) is 11.4 Å². The van der Waals surface area contributed by atoms with Gasteiger partial charge in [0.15, 0.2) is 0 Å². The Morgan fingerprint density at radius 3 is 1.52 bits per heavy atom. The maximum Gasteiger partial charge on any atom is 0.317 e. The SMILES string of the molecule is O=C(O)CN1CCN(Cc2cccc([N+](=O)[O-])c2)CCN(Cc2cccc([N+](=O)[O-])c2)CC1. The van der Waals surface area contributed by atoms with Crippen molar-refractivity contribution < 1.29 is 19.7 Å². The molecule has 1 fully saturated rings. The summed E-state index contributed by atoms with van der Waals surface area (Å²) in [6, 6.07) is 13.0. The van der Waals surface area contributed by atoms with E-state index in [4.69, 9.17) is 0 Å². The van der Waals surface area contributed by atoms with Crippen LogP contribution < -0.4 is 0 Å². The van der Waals surface area contributed by atoms with Crippen molar-refractivity contribution in [2.75, 3.05) is 45.8 Å². The Bertz CT molecular complexity index is 929.